The van der Waals surface area contributed by atoms with E-state index < -0.39 is 0 Å². The molecule has 0 spiro atoms. The van der Waals surface area contributed by atoms with E-state index in [1.54, 1.807) is 0 Å². The Morgan fingerprint density at radius 3 is 2.33 bits per heavy atom. The van der Waals surface area contributed by atoms with E-state index in [1.165, 1.54) is 77.2 Å². The van der Waals surface area contributed by atoms with Gasteiger partial charge in [0, 0.05) is 6.04 Å². The molecule has 33 heavy (non-hydrogen) atoms. The van der Waals surface area contributed by atoms with Crippen LogP contribution in [0.4, 0.5) is 0 Å². The molecular formula is C31H57NO. The fourth-order valence-electron chi connectivity index (χ4n) is 9.95. The van der Waals surface area contributed by atoms with E-state index in [1.807, 2.05) is 0 Å². The van der Waals surface area contributed by atoms with Crippen LogP contribution in [0.2, 0.25) is 0 Å². The van der Waals surface area contributed by atoms with Crippen molar-refractivity contribution in [2.75, 3.05) is 6.54 Å². The van der Waals surface area contributed by atoms with E-state index in [4.69, 9.17) is 0 Å². The van der Waals surface area contributed by atoms with Gasteiger partial charge in [0.1, 0.15) is 0 Å². The predicted molar refractivity (Wildman–Crippen MR) is 141 cm³/mol. The maximum atomic E-state index is 10.5. The Balaban J connectivity index is 1.54. The van der Waals surface area contributed by atoms with Gasteiger partial charge in [0.05, 0.1) is 6.10 Å². The molecular weight excluding hydrogens is 402 g/mol. The van der Waals surface area contributed by atoms with Crippen molar-refractivity contribution in [2.45, 2.75) is 137 Å². The topological polar surface area (TPSA) is 32.3 Å². The Morgan fingerprint density at radius 2 is 1.61 bits per heavy atom. The zero-order chi connectivity index (χ0) is 23.8. The van der Waals surface area contributed by atoms with Gasteiger partial charge in [0.2, 0.25) is 0 Å². The van der Waals surface area contributed by atoms with Gasteiger partial charge in [0.15, 0.2) is 0 Å². The zero-order valence-corrected chi connectivity index (χ0v) is 23.0. The molecule has 0 heterocycles. The minimum atomic E-state index is -0.0488. The van der Waals surface area contributed by atoms with Crippen LogP contribution in [-0.4, -0.2) is 23.8 Å². The summed E-state index contributed by atoms with van der Waals surface area (Å²) in [7, 11) is 0. The van der Waals surface area contributed by atoms with Gasteiger partial charge in [0.25, 0.3) is 0 Å². The molecule has 0 amide bonds. The summed E-state index contributed by atoms with van der Waals surface area (Å²) in [5, 5.41) is 14.7. The number of hydrogen-bond acceptors (Lipinski definition) is 2. The van der Waals surface area contributed by atoms with Gasteiger partial charge in [-0.3, -0.25) is 0 Å². The predicted octanol–water partition coefficient (Wildman–Crippen LogP) is 7.84. The van der Waals surface area contributed by atoms with Crippen LogP contribution >= 0.6 is 0 Å². The first-order chi connectivity index (χ1) is 15.7. The first kappa shape index (κ1) is 26.0. The minimum absolute atomic E-state index is 0.0488. The number of hydrogen-bond donors (Lipinski definition) is 2. The van der Waals surface area contributed by atoms with Gasteiger partial charge < -0.3 is 10.4 Å². The van der Waals surface area contributed by atoms with Crippen molar-refractivity contribution < 1.29 is 5.11 Å². The first-order valence-electron chi connectivity index (χ1n) is 15.1. The zero-order valence-electron chi connectivity index (χ0n) is 23.0. The lowest BCUT2D eigenvalue weighted by Gasteiger charge is -2.63. The van der Waals surface area contributed by atoms with Gasteiger partial charge in [-0.1, -0.05) is 67.2 Å². The lowest BCUT2D eigenvalue weighted by molar-refractivity contribution is -0.142. The summed E-state index contributed by atoms with van der Waals surface area (Å²) in [5.41, 5.74) is 1.02. The quantitative estimate of drug-likeness (QED) is 0.344. The molecule has 0 aromatic rings. The molecule has 0 aromatic carbocycles. The third-order valence-corrected chi connectivity index (χ3v) is 11.8. The summed E-state index contributed by atoms with van der Waals surface area (Å²) in [6.07, 6.45) is 17.3. The lowest BCUT2D eigenvalue weighted by Crippen LogP contribution is -2.61. The van der Waals surface area contributed by atoms with Crippen molar-refractivity contribution in [2.24, 2.45) is 52.3 Å². The van der Waals surface area contributed by atoms with E-state index in [0.29, 0.717) is 16.9 Å². The van der Waals surface area contributed by atoms with Crippen LogP contribution in [0.1, 0.15) is 125 Å². The highest BCUT2D eigenvalue weighted by Crippen LogP contribution is 2.68. The minimum Gasteiger partial charge on any atom is -0.393 e. The molecule has 0 bridgehead atoms. The fraction of sp³-hybridized carbons (Fsp3) is 1.00. The molecule has 2 N–H and O–H groups in total. The van der Waals surface area contributed by atoms with Crippen molar-refractivity contribution in [1.82, 2.24) is 5.32 Å². The SMILES string of the molecule is CCCCNC1CC2CC(O)CC[C@]2(C)[C@H]2CC[C@]3(C)[C@@H]([C@H](C)CCCC(C)C)CC[C@H]3[C@H]12. The van der Waals surface area contributed by atoms with Gasteiger partial charge >= 0.3 is 0 Å². The molecule has 0 aromatic heterocycles. The van der Waals surface area contributed by atoms with Crippen molar-refractivity contribution in [1.29, 1.82) is 0 Å². The third-order valence-electron chi connectivity index (χ3n) is 11.8. The Hall–Kier alpha value is -0.0800. The maximum Gasteiger partial charge on any atom is 0.0543 e. The van der Waals surface area contributed by atoms with E-state index in [0.717, 1.165) is 54.3 Å². The molecule has 2 nitrogen and oxygen atoms in total. The Bertz CT molecular complexity index is 632. The van der Waals surface area contributed by atoms with Crippen molar-refractivity contribution in [3.8, 4) is 0 Å². The number of aliphatic hydroxyl groups excluding tert-OH is 1. The molecule has 0 radical (unpaired) electrons. The summed E-state index contributed by atoms with van der Waals surface area (Å²) < 4.78 is 0. The van der Waals surface area contributed by atoms with E-state index in [-0.39, 0.29) is 6.10 Å². The first-order valence-corrected chi connectivity index (χ1v) is 15.1. The van der Waals surface area contributed by atoms with Gasteiger partial charge in [-0.2, -0.15) is 0 Å². The van der Waals surface area contributed by atoms with Crippen LogP contribution in [0.15, 0.2) is 0 Å². The fourth-order valence-corrected chi connectivity index (χ4v) is 9.95. The number of fused-ring (bicyclic) bond motifs is 5. The van der Waals surface area contributed by atoms with Crippen molar-refractivity contribution >= 4 is 0 Å². The van der Waals surface area contributed by atoms with Gasteiger partial charge in [-0.15, -0.1) is 0 Å². The molecule has 10 atom stereocenters. The highest BCUT2D eigenvalue weighted by molar-refractivity contribution is 5.13. The molecule has 4 fully saturated rings. The third kappa shape index (κ3) is 4.96. The molecule has 4 aliphatic carbocycles. The Kier molecular flexibility index (Phi) is 8.27. The Morgan fingerprint density at radius 1 is 0.879 bits per heavy atom. The average molecular weight is 460 g/mol. The number of nitrogens with one attached hydrogen (secondary N) is 1. The van der Waals surface area contributed by atoms with E-state index in [9.17, 15) is 5.11 Å². The second-order valence-electron chi connectivity index (χ2n) is 14.1. The molecule has 4 saturated carbocycles. The molecule has 4 rings (SSSR count). The molecule has 0 saturated heterocycles. The summed E-state index contributed by atoms with van der Waals surface area (Å²) in [6, 6.07) is 0.685. The van der Waals surface area contributed by atoms with Crippen molar-refractivity contribution in [3.05, 3.63) is 0 Å². The maximum absolute atomic E-state index is 10.5. The van der Waals surface area contributed by atoms with Crippen LogP contribution in [0.25, 0.3) is 0 Å². The van der Waals surface area contributed by atoms with Crippen LogP contribution < -0.4 is 5.32 Å². The molecule has 4 aliphatic rings. The van der Waals surface area contributed by atoms with Crippen LogP contribution in [0, 0.1) is 52.3 Å². The summed E-state index contributed by atoms with van der Waals surface area (Å²) in [4.78, 5) is 0. The number of aliphatic hydroxyl groups is 1. The highest BCUT2D eigenvalue weighted by atomic mass is 16.3. The number of unbranched alkanes of at least 4 members (excludes halogenated alkanes) is 1. The van der Waals surface area contributed by atoms with Crippen LogP contribution in [-0.2, 0) is 0 Å². The van der Waals surface area contributed by atoms with Gasteiger partial charge in [-0.05, 0) is 117 Å². The second-order valence-corrected chi connectivity index (χ2v) is 14.1. The summed E-state index contributed by atoms with van der Waals surface area (Å²) in [5.74, 6) is 6.04. The lowest BCUT2D eigenvalue weighted by atomic mass is 9.43. The van der Waals surface area contributed by atoms with Crippen molar-refractivity contribution in [3.63, 3.8) is 0 Å². The number of rotatable bonds is 9. The Labute approximate surface area is 206 Å². The molecule has 2 heteroatoms. The largest absolute Gasteiger partial charge is 0.393 e. The van der Waals surface area contributed by atoms with Crippen LogP contribution in [0.5, 0.6) is 0 Å². The molecule has 192 valence electrons. The smallest absolute Gasteiger partial charge is 0.0543 e. The monoisotopic (exact) mass is 459 g/mol. The normalized spacial score (nSPS) is 46.0. The molecule has 0 aliphatic heterocycles. The summed E-state index contributed by atoms with van der Waals surface area (Å²) >= 11 is 0. The molecule has 3 unspecified atom stereocenters. The van der Waals surface area contributed by atoms with E-state index >= 15 is 0 Å². The van der Waals surface area contributed by atoms with Gasteiger partial charge in [-0.25, -0.2) is 0 Å². The summed E-state index contributed by atoms with van der Waals surface area (Å²) in [6.45, 7) is 16.2. The van der Waals surface area contributed by atoms with E-state index in [2.05, 4.69) is 46.9 Å². The second kappa shape index (κ2) is 10.5. The average Bonchev–Trinajstić information content (AvgIpc) is 3.11. The highest BCUT2D eigenvalue weighted by Gasteiger charge is 2.62. The standard InChI is InChI=1S/C31H57NO/c1-7-8-18-32-28-20-23-19-24(33)14-16-30(23,5)27-15-17-31(6)25(12-13-26(31)29(27)28)22(4)11-9-10-21(2)3/h21-29,32-33H,7-20H2,1-6H3/t22-,23?,24?,25-,26+,27+,28?,29+,30+,31-/m1/s1. The van der Waals surface area contributed by atoms with Crippen LogP contribution in [0.3, 0.4) is 0 Å².